The molecule has 0 radical (unpaired) electrons. The number of carbonyl (C=O) groups is 1. The lowest BCUT2D eigenvalue weighted by Crippen LogP contribution is -2.19. The number of hydrazone groups is 1. The van der Waals surface area contributed by atoms with Gasteiger partial charge >= 0.3 is 0 Å². The fourth-order valence-corrected chi connectivity index (χ4v) is 2.09. The van der Waals surface area contributed by atoms with E-state index in [4.69, 9.17) is 9.47 Å². The average Bonchev–Trinajstić information content (AvgIpc) is 2.65. The maximum atomic E-state index is 12.1. The third-order valence-corrected chi connectivity index (χ3v) is 3.46. The van der Waals surface area contributed by atoms with Gasteiger partial charge in [-0.2, -0.15) is 5.10 Å². The maximum absolute atomic E-state index is 12.1. The van der Waals surface area contributed by atoms with Gasteiger partial charge in [-0.1, -0.05) is 0 Å². The predicted octanol–water partition coefficient (Wildman–Crippen LogP) is 2.77. The second-order valence-electron chi connectivity index (χ2n) is 5.01. The van der Waals surface area contributed by atoms with E-state index in [-0.39, 0.29) is 11.3 Å². The van der Waals surface area contributed by atoms with Crippen molar-refractivity contribution in [1.82, 2.24) is 5.43 Å². The summed E-state index contributed by atoms with van der Waals surface area (Å²) in [4.78, 5) is 22.2. The molecule has 0 saturated carbocycles. The van der Waals surface area contributed by atoms with E-state index in [2.05, 4.69) is 10.5 Å². The summed E-state index contributed by atoms with van der Waals surface area (Å²) in [5, 5.41) is 14.7. The molecule has 0 aliphatic rings. The predicted molar refractivity (Wildman–Crippen MR) is 92.3 cm³/mol. The molecule has 2 aromatic carbocycles. The zero-order chi connectivity index (χ0) is 18.4. The van der Waals surface area contributed by atoms with E-state index in [9.17, 15) is 14.9 Å². The van der Waals surface area contributed by atoms with Gasteiger partial charge in [-0.25, -0.2) is 5.43 Å². The molecule has 2 rings (SSSR count). The van der Waals surface area contributed by atoms with Crippen LogP contribution >= 0.6 is 0 Å². The van der Waals surface area contributed by atoms with Crippen LogP contribution in [0.4, 0.5) is 5.69 Å². The van der Waals surface area contributed by atoms with Crippen LogP contribution < -0.4 is 14.9 Å². The van der Waals surface area contributed by atoms with E-state index < -0.39 is 10.8 Å². The molecule has 0 atom stereocenters. The molecule has 2 aromatic rings. The standard InChI is InChI=1S/C17H17N3O5/c1-11(15-9-8-14(24-2)10-16(15)25-3)18-19-17(21)12-4-6-13(7-5-12)20(22)23/h4-10H,1-3H3,(H,19,21)/b18-11-. The SMILES string of the molecule is COc1ccc(/C(C)=N\NC(=O)c2ccc([N+](=O)[O-])cc2)c(OC)c1. The maximum Gasteiger partial charge on any atom is 0.271 e. The number of amides is 1. The number of non-ortho nitro benzene ring substituents is 1. The minimum Gasteiger partial charge on any atom is -0.497 e. The summed E-state index contributed by atoms with van der Waals surface area (Å²) in [5.41, 5.74) is 3.84. The van der Waals surface area contributed by atoms with Crippen LogP contribution in [0.25, 0.3) is 0 Å². The molecule has 1 N–H and O–H groups in total. The minimum absolute atomic E-state index is 0.0841. The summed E-state index contributed by atoms with van der Waals surface area (Å²) in [6, 6.07) is 10.5. The van der Waals surface area contributed by atoms with Crippen LogP contribution in [0.5, 0.6) is 11.5 Å². The molecule has 0 heterocycles. The topological polar surface area (TPSA) is 103 Å². The molecule has 0 fully saturated rings. The lowest BCUT2D eigenvalue weighted by Gasteiger charge is -2.10. The number of nitro benzene ring substituents is 1. The number of benzene rings is 2. The highest BCUT2D eigenvalue weighted by atomic mass is 16.6. The second kappa shape index (κ2) is 7.91. The smallest absolute Gasteiger partial charge is 0.271 e. The summed E-state index contributed by atoms with van der Waals surface area (Å²) in [6.07, 6.45) is 0. The molecule has 0 aromatic heterocycles. The average molecular weight is 343 g/mol. The van der Waals surface area contributed by atoms with E-state index in [0.29, 0.717) is 22.8 Å². The monoisotopic (exact) mass is 343 g/mol. The minimum atomic E-state index is -0.528. The third-order valence-electron chi connectivity index (χ3n) is 3.46. The molecule has 0 unspecified atom stereocenters. The first-order valence-electron chi connectivity index (χ1n) is 7.27. The number of ether oxygens (including phenoxy) is 2. The van der Waals surface area contributed by atoms with Crippen molar-refractivity contribution in [2.24, 2.45) is 5.10 Å². The summed E-state index contributed by atoms with van der Waals surface area (Å²) in [5.74, 6) is 0.732. The highest BCUT2D eigenvalue weighted by Gasteiger charge is 2.11. The zero-order valence-electron chi connectivity index (χ0n) is 14.0. The van der Waals surface area contributed by atoms with E-state index in [1.54, 1.807) is 32.2 Å². The van der Waals surface area contributed by atoms with Gasteiger partial charge in [0.05, 0.1) is 24.9 Å². The Morgan fingerprint density at radius 2 is 1.80 bits per heavy atom. The highest BCUT2D eigenvalue weighted by Crippen LogP contribution is 2.25. The van der Waals surface area contributed by atoms with Crippen molar-refractivity contribution in [3.63, 3.8) is 0 Å². The molecule has 130 valence electrons. The Kier molecular flexibility index (Phi) is 5.67. The van der Waals surface area contributed by atoms with Crippen LogP contribution in [0.1, 0.15) is 22.8 Å². The Labute approximate surface area is 144 Å². The lowest BCUT2D eigenvalue weighted by molar-refractivity contribution is -0.384. The molecule has 1 amide bonds. The van der Waals surface area contributed by atoms with E-state index in [1.807, 2.05) is 0 Å². The molecule has 0 aliphatic heterocycles. The molecule has 8 heteroatoms. The summed E-state index contributed by atoms with van der Waals surface area (Å²) < 4.78 is 10.4. The van der Waals surface area contributed by atoms with Crippen LogP contribution in [0, 0.1) is 10.1 Å². The Morgan fingerprint density at radius 3 is 2.36 bits per heavy atom. The van der Waals surface area contributed by atoms with E-state index in [0.717, 1.165) is 0 Å². The van der Waals surface area contributed by atoms with Crippen LogP contribution in [0.3, 0.4) is 0 Å². The van der Waals surface area contributed by atoms with Crippen molar-refractivity contribution in [1.29, 1.82) is 0 Å². The van der Waals surface area contributed by atoms with Crippen molar-refractivity contribution >= 4 is 17.3 Å². The number of methoxy groups -OCH3 is 2. The van der Waals surface area contributed by atoms with Crippen LogP contribution in [-0.4, -0.2) is 30.8 Å². The van der Waals surface area contributed by atoms with Crippen molar-refractivity contribution < 1.29 is 19.2 Å². The fraction of sp³-hybridized carbons (Fsp3) is 0.176. The van der Waals surface area contributed by atoms with Gasteiger partial charge in [0, 0.05) is 29.3 Å². The zero-order valence-corrected chi connectivity index (χ0v) is 14.0. The molecule has 0 aliphatic carbocycles. The molecular formula is C17H17N3O5. The van der Waals surface area contributed by atoms with Gasteiger partial charge in [0.1, 0.15) is 11.5 Å². The Bertz CT molecular complexity index is 816. The van der Waals surface area contributed by atoms with Gasteiger partial charge in [0.25, 0.3) is 11.6 Å². The van der Waals surface area contributed by atoms with Crippen molar-refractivity contribution in [3.05, 3.63) is 63.7 Å². The number of carbonyl (C=O) groups excluding carboxylic acids is 1. The van der Waals surface area contributed by atoms with Crippen LogP contribution in [-0.2, 0) is 0 Å². The molecule has 0 saturated heterocycles. The second-order valence-corrected chi connectivity index (χ2v) is 5.01. The highest BCUT2D eigenvalue weighted by molar-refractivity contribution is 6.02. The number of hydrogen-bond donors (Lipinski definition) is 1. The van der Waals surface area contributed by atoms with Gasteiger partial charge in [-0.15, -0.1) is 0 Å². The molecule has 0 bridgehead atoms. The fourth-order valence-electron chi connectivity index (χ4n) is 2.09. The van der Waals surface area contributed by atoms with Crippen molar-refractivity contribution in [2.75, 3.05) is 14.2 Å². The Hall–Kier alpha value is -3.42. The van der Waals surface area contributed by atoms with Crippen molar-refractivity contribution in [2.45, 2.75) is 6.92 Å². The number of nitrogens with one attached hydrogen (secondary N) is 1. The van der Waals surface area contributed by atoms with E-state index in [1.165, 1.54) is 31.4 Å². The van der Waals surface area contributed by atoms with Gasteiger partial charge < -0.3 is 9.47 Å². The summed E-state index contributed by atoms with van der Waals surface area (Å²) >= 11 is 0. The first kappa shape index (κ1) is 17.9. The lowest BCUT2D eigenvalue weighted by atomic mass is 10.1. The first-order chi connectivity index (χ1) is 12.0. The van der Waals surface area contributed by atoms with Crippen molar-refractivity contribution in [3.8, 4) is 11.5 Å². The number of hydrogen-bond acceptors (Lipinski definition) is 6. The van der Waals surface area contributed by atoms with Gasteiger partial charge in [0.2, 0.25) is 0 Å². The van der Waals surface area contributed by atoms with Crippen LogP contribution in [0.2, 0.25) is 0 Å². The molecule has 8 nitrogen and oxygen atoms in total. The van der Waals surface area contributed by atoms with E-state index >= 15 is 0 Å². The summed E-state index contributed by atoms with van der Waals surface area (Å²) in [7, 11) is 3.08. The number of nitro groups is 1. The van der Waals surface area contributed by atoms with Gasteiger partial charge in [-0.05, 0) is 31.2 Å². The Balaban J connectivity index is 2.15. The molecular weight excluding hydrogens is 326 g/mol. The molecule has 25 heavy (non-hydrogen) atoms. The van der Waals surface area contributed by atoms with Gasteiger partial charge in [0.15, 0.2) is 0 Å². The van der Waals surface area contributed by atoms with Crippen LogP contribution in [0.15, 0.2) is 47.6 Å². The molecule has 0 spiro atoms. The largest absolute Gasteiger partial charge is 0.497 e. The third kappa shape index (κ3) is 4.31. The Morgan fingerprint density at radius 1 is 1.12 bits per heavy atom. The van der Waals surface area contributed by atoms with Gasteiger partial charge in [-0.3, -0.25) is 14.9 Å². The number of nitrogens with zero attached hydrogens (tertiary/aromatic N) is 2. The summed E-state index contributed by atoms with van der Waals surface area (Å²) in [6.45, 7) is 1.72. The normalized spacial score (nSPS) is 10.9. The first-order valence-corrected chi connectivity index (χ1v) is 7.27. The quantitative estimate of drug-likeness (QED) is 0.493. The number of rotatable bonds is 6.